The molecule has 0 aromatic heterocycles. The summed E-state index contributed by atoms with van der Waals surface area (Å²) in [6.07, 6.45) is 12.9. The molecule has 1 aliphatic heterocycles. The highest BCUT2D eigenvalue weighted by atomic mass is 15.2. The third-order valence-corrected chi connectivity index (χ3v) is 4.91. The Morgan fingerprint density at radius 3 is 2.78 bits per heavy atom. The van der Waals surface area contributed by atoms with Crippen molar-refractivity contribution in [2.75, 3.05) is 26.2 Å². The van der Waals surface area contributed by atoms with Crippen LogP contribution in [0.4, 0.5) is 0 Å². The Bertz CT molecular complexity index is 217. The van der Waals surface area contributed by atoms with Gasteiger partial charge >= 0.3 is 0 Å². The summed E-state index contributed by atoms with van der Waals surface area (Å²) in [5.41, 5.74) is 0. The maximum Gasteiger partial charge on any atom is 0.0124 e. The van der Waals surface area contributed by atoms with E-state index in [9.17, 15) is 0 Å². The zero-order chi connectivity index (χ0) is 12.6. The molecule has 0 bridgehead atoms. The van der Waals surface area contributed by atoms with E-state index in [0.29, 0.717) is 0 Å². The first-order valence-corrected chi connectivity index (χ1v) is 8.36. The Morgan fingerprint density at radius 2 is 1.89 bits per heavy atom. The Labute approximate surface area is 114 Å². The molecular formula is C16H32N2. The van der Waals surface area contributed by atoms with E-state index >= 15 is 0 Å². The van der Waals surface area contributed by atoms with Crippen molar-refractivity contribution in [1.29, 1.82) is 0 Å². The number of rotatable bonds is 8. The molecule has 2 unspecified atom stereocenters. The zero-order valence-corrected chi connectivity index (χ0v) is 12.3. The van der Waals surface area contributed by atoms with E-state index in [1.807, 2.05) is 0 Å². The Kier molecular flexibility index (Phi) is 6.50. The van der Waals surface area contributed by atoms with Crippen molar-refractivity contribution >= 4 is 0 Å². The van der Waals surface area contributed by atoms with Gasteiger partial charge in [0.1, 0.15) is 0 Å². The number of hydrogen-bond acceptors (Lipinski definition) is 2. The van der Waals surface area contributed by atoms with Crippen LogP contribution in [0.5, 0.6) is 0 Å². The first kappa shape index (κ1) is 14.3. The van der Waals surface area contributed by atoms with Crippen molar-refractivity contribution < 1.29 is 0 Å². The first-order chi connectivity index (χ1) is 8.92. The molecule has 2 fully saturated rings. The Balaban J connectivity index is 1.51. The lowest BCUT2D eigenvalue weighted by molar-refractivity contribution is 0.183. The van der Waals surface area contributed by atoms with E-state index in [1.54, 1.807) is 0 Å². The van der Waals surface area contributed by atoms with Gasteiger partial charge < -0.3 is 5.32 Å². The second kappa shape index (κ2) is 8.16. The van der Waals surface area contributed by atoms with E-state index in [1.165, 1.54) is 84.0 Å². The minimum atomic E-state index is 0.945. The predicted octanol–water partition coefficient (Wildman–Crippen LogP) is 3.42. The van der Waals surface area contributed by atoms with Crippen molar-refractivity contribution in [1.82, 2.24) is 10.2 Å². The second-order valence-electron chi connectivity index (χ2n) is 6.25. The molecule has 2 heteroatoms. The van der Waals surface area contributed by atoms with Crippen LogP contribution in [0.2, 0.25) is 0 Å². The largest absolute Gasteiger partial charge is 0.315 e. The van der Waals surface area contributed by atoms with Crippen LogP contribution in [-0.2, 0) is 0 Å². The number of likely N-dealkylation sites (tertiary alicyclic amines) is 1. The molecule has 0 amide bonds. The molecule has 106 valence electrons. The molecule has 2 rings (SSSR count). The van der Waals surface area contributed by atoms with E-state index in [2.05, 4.69) is 17.1 Å². The van der Waals surface area contributed by atoms with Gasteiger partial charge in [0.25, 0.3) is 0 Å². The summed E-state index contributed by atoms with van der Waals surface area (Å²) >= 11 is 0. The van der Waals surface area contributed by atoms with Crippen LogP contribution >= 0.6 is 0 Å². The molecule has 2 atom stereocenters. The predicted molar refractivity (Wildman–Crippen MR) is 78.9 cm³/mol. The lowest BCUT2D eigenvalue weighted by atomic mass is 9.85. The quantitative estimate of drug-likeness (QED) is 0.666. The summed E-state index contributed by atoms with van der Waals surface area (Å²) in [4.78, 5) is 2.77. The highest BCUT2D eigenvalue weighted by Gasteiger charge is 2.34. The van der Waals surface area contributed by atoms with Gasteiger partial charge in [-0.2, -0.15) is 0 Å². The van der Waals surface area contributed by atoms with Crippen LogP contribution in [0.25, 0.3) is 0 Å². The maximum atomic E-state index is 3.63. The van der Waals surface area contributed by atoms with Crippen LogP contribution in [0.1, 0.15) is 64.7 Å². The number of unbranched alkanes of at least 4 members (excludes halogenated alkanes) is 3. The third kappa shape index (κ3) is 4.24. The fraction of sp³-hybridized carbons (Fsp3) is 1.00. The summed E-state index contributed by atoms with van der Waals surface area (Å²) in [5.74, 6) is 1.04. The number of fused-ring (bicyclic) bond motifs is 1. The third-order valence-electron chi connectivity index (χ3n) is 4.91. The molecule has 0 aromatic rings. The zero-order valence-electron chi connectivity index (χ0n) is 12.3. The van der Waals surface area contributed by atoms with Crippen molar-refractivity contribution in [3.63, 3.8) is 0 Å². The van der Waals surface area contributed by atoms with Gasteiger partial charge in [-0.25, -0.2) is 0 Å². The molecule has 0 radical (unpaired) electrons. The first-order valence-electron chi connectivity index (χ1n) is 8.36. The SMILES string of the molecule is CCCCCCNCCN1CCC2CCCCC21. The monoisotopic (exact) mass is 252 g/mol. The highest BCUT2D eigenvalue weighted by molar-refractivity contribution is 4.89. The van der Waals surface area contributed by atoms with Crippen LogP contribution in [-0.4, -0.2) is 37.1 Å². The average Bonchev–Trinajstić information content (AvgIpc) is 2.81. The summed E-state index contributed by atoms with van der Waals surface area (Å²) in [5, 5.41) is 3.63. The second-order valence-corrected chi connectivity index (χ2v) is 6.25. The van der Waals surface area contributed by atoms with Crippen molar-refractivity contribution in [2.24, 2.45) is 5.92 Å². The minimum Gasteiger partial charge on any atom is -0.315 e. The van der Waals surface area contributed by atoms with Crippen molar-refractivity contribution in [3.8, 4) is 0 Å². The van der Waals surface area contributed by atoms with Gasteiger partial charge in [0.15, 0.2) is 0 Å². The number of hydrogen-bond donors (Lipinski definition) is 1. The molecule has 2 aliphatic rings. The number of nitrogens with one attached hydrogen (secondary N) is 1. The minimum absolute atomic E-state index is 0.945. The molecule has 1 N–H and O–H groups in total. The standard InChI is InChI=1S/C16H32N2/c1-2-3-4-7-11-17-12-14-18-13-10-15-8-5-6-9-16(15)18/h15-17H,2-14H2,1H3. The van der Waals surface area contributed by atoms with E-state index in [0.717, 1.165) is 12.0 Å². The van der Waals surface area contributed by atoms with Gasteiger partial charge in [-0.3, -0.25) is 4.90 Å². The van der Waals surface area contributed by atoms with Gasteiger partial charge in [0.2, 0.25) is 0 Å². The molecule has 1 saturated heterocycles. The summed E-state index contributed by atoms with van der Waals surface area (Å²) < 4.78 is 0. The van der Waals surface area contributed by atoms with Gasteiger partial charge in [-0.1, -0.05) is 39.0 Å². The molecule has 18 heavy (non-hydrogen) atoms. The van der Waals surface area contributed by atoms with Crippen molar-refractivity contribution in [2.45, 2.75) is 70.8 Å². The highest BCUT2D eigenvalue weighted by Crippen LogP contribution is 2.35. The van der Waals surface area contributed by atoms with Gasteiger partial charge in [0.05, 0.1) is 0 Å². The van der Waals surface area contributed by atoms with E-state index < -0.39 is 0 Å². The molecule has 1 aliphatic carbocycles. The smallest absolute Gasteiger partial charge is 0.0124 e. The number of nitrogens with zero attached hydrogens (tertiary/aromatic N) is 1. The van der Waals surface area contributed by atoms with Crippen LogP contribution in [0.3, 0.4) is 0 Å². The maximum absolute atomic E-state index is 3.63. The van der Waals surface area contributed by atoms with Crippen molar-refractivity contribution in [3.05, 3.63) is 0 Å². The van der Waals surface area contributed by atoms with Gasteiger partial charge in [-0.05, 0) is 44.7 Å². The van der Waals surface area contributed by atoms with Crippen LogP contribution < -0.4 is 5.32 Å². The molecule has 1 heterocycles. The van der Waals surface area contributed by atoms with Gasteiger partial charge in [-0.15, -0.1) is 0 Å². The summed E-state index contributed by atoms with van der Waals surface area (Å²) in [7, 11) is 0. The topological polar surface area (TPSA) is 15.3 Å². The van der Waals surface area contributed by atoms with E-state index in [-0.39, 0.29) is 0 Å². The van der Waals surface area contributed by atoms with E-state index in [4.69, 9.17) is 0 Å². The summed E-state index contributed by atoms with van der Waals surface area (Å²) in [6.45, 7) is 7.36. The summed E-state index contributed by atoms with van der Waals surface area (Å²) in [6, 6.07) is 0.945. The molecule has 0 spiro atoms. The van der Waals surface area contributed by atoms with Gasteiger partial charge in [0, 0.05) is 19.1 Å². The normalized spacial score (nSPS) is 28.5. The molecule has 0 aromatic carbocycles. The van der Waals surface area contributed by atoms with Crippen LogP contribution in [0, 0.1) is 5.92 Å². The Hall–Kier alpha value is -0.0800. The molecule has 1 saturated carbocycles. The van der Waals surface area contributed by atoms with Crippen LogP contribution in [0.15, 0.2) is 0 Å². The fourth-order valence-corrected chi connectivity index (χ4v) is 3.81. The molecule has 2 nitrogen and oxygen atoms in total. The Morgan fingerprint density at radius 1 is 1.00 bits per heavy atom. The lowest BCUT2D eigenvalue weighted by Gasteiger charge is -2.31. The molecular weight excluding hydrogens is 220 g/mol. The lowest BCUT2D eigenvalue weighted by Crippen LogP contribution is -2.39. The average molecular weight is 252 g/mol. The fourth-order valence-electron chi connectivity index (χ4n) is 3.81.